The molecule has 0 unspecified atom stereocenters. The summed E-state index contributed by atoms with van der Waals surface area (Å²) >= 11 is 3.61. The highest BCUT2D eigenvalue weighted by molar-refractivity contribution is 7.19. The van der Waals surface area contributed by atoms with E-state index in [0.717, 1.165) is 18.2 Å². The van der Waals surface area contributed by atoms with Crippen LogP contribution in [0.25, 0.3) is 10.2 Å². The Labute approximate surface area is 132 Å². The van der Waals surface area contributed by atoms with Crippen molar-refractivity contribution < 1.29 is 0 Å². The Hall–Kier alpha value is -1.46. The minimum absolute atomic E-state index is 0.870. The van der Waals surface area contributed by atoms with Crippen LogP contribution in [0.1, 0.15) is 28.2 Å². The van der Waals surface area contributed by atoms with E-state index in [1.165, 1.54) is 45.5 Å². The molecule has 1 aliphatic rings. The number of anilines is 1. The topological polar surface area (TPSA) is 29.0 Å². The first kappa shape index (κ1) is 13.2. The Bertz CT molecular complexity index is 790. The van der Waals surface area contributed by atoms with Crippen LogP contribution in [0.5, 0.6) is 0 Å². The lowest BCUT2D eigenvalue weighted by Crippen LogP contribution is -2.18. The van der Waals surface area contributed by atoms with Gasteiger partial charge in [-0.3, -0.25) is 0 Å². The van der Waals surface area contributed by atoms with Gasteiger partial charge in [-0.05, 0) is 54.1 Å². The lowest BCUT2D eigenvalue weighted by molar-refractivity contribution is 0.890. The lowest BCUT2D eigenvalue weighted by atomic mass is 10.1. The van der Waals surface area contributed by atoms with Crippen LogP contribution in [0.4, 0.5) is 5.82 Å². The van der Waals surface area contributed by atoms with E-state index >= 15 is 0 Å². The summed E-state index contributed by atoms with van der Waals surface area (Å²) in [6, 6.07) is 2.18. The molecular weight excluding hydrogens is 298 g/mol. The van der Waals surface area contributed by atoms with Gasteiger partial charge in [0.15, 0.2) is 0 Å². The average molecular weight is 315 g/mol. The molecule has 0 saturated heterocycles. The molecule has 108 valence electrons. The highest BCUT2D eigenvalue weighted by Crippen LogP contribution is 2.40. The van der Waals surface area contributed by atoms with Gasteiger partial charge in [0.25, 0.3) is 0 Å². The highest BCUT2D eigenvalue weighted by atomic mass is 32.1. The Morgan fingerprint density at radius 2 is 2.19 bits per heavy atom. The fourth-order valence-electron chi connectivity index (χ4n) is 3.09. The summed E-state index contributed by atoms with van der Waals surface area (Å²) in [5.74, 6) is 1.97. The third-order valence-corrected chi connectivity index (χ3v) is 5.94. The van der Waals surface area contributed by atoms with E-state index in [9.17, 15) is 0 Å². The molecule has 0 bridgehead atoms. The maximum Gasteiger partial charge on any atom is 0.141 e. The van der Waals surface area contributed by atoms with E-state index in [0.29, 0.717) is 0 Å². The lowest BCUT2D eigenvalue weighted by Gasteiger charge is -2.19. The smallest absolute Gasteiger partial charge is 0.141 e. The maximum atomic E-state index is 4.76. The van der Waals surface area contributed by atoms with Gasteiger partial charge in [0.05, 0.1) is 5.39 Å². The third kappa shape index (κ3) is 2.24. The molecule has 0 fully saturated rings. The second-order valence-corrected chi connectivity index (χ2v) is 7.48. The first-order valence-electron chi connectivity index (χ1n) is 7.23. The summed E-state index contributed by atoms with van der Waals surface area (Å²) in [7, 11) is 2.14. The first-order chi connectivity index (χ1) is 10.2. The van der Waals surface area contributed by atoms with Crippen LogP contribution in [0.2, 0.25) is 0 Å². The van der Waals surface area contributed by atoms with Gasteiger partial charge in [0.1, 0.15) is 16.5 Å². The van der Waals surface area contributed by atoms with Crippen LogP contribution < -0.4 is 4.90 Å². The monoisotopic (exact) mass is 315 g/mol. The molecule has 0 radical (unpaired) electrons. The van der Waals surface area contributed by atoms with E-state index in [-0.39, 0.29) is 0 Å². The Morgan fingerprint density at radius 3 is 3.00 bits per heavy atom. The van der Waals surface area contributed by atoms with Gasteiger partial charge >= 0.3 is 0 Å². The molecule has 0 N–H and O–H groups in total. The second-order valence-electron chi connectivity index (χ2n) is 5.62. The summed E-state index contributed by atoms with van der Waals surface area (Å²) in [6.45, 7) is 2.89. The quantitative estimate of drug-likeness (QED) is 0.726. The maximum absolute atomic E-state index is 4.76. The number of rotatable bonds is 3. The molecule has 3 aromatic rings. The van der Waals surface area contributed by atoms with Gasteiger partial charge in [-0.2, -0.15) is 11.3 Å². The molecule has 0 amide bonds. The number of aryl methyl sites for hydroxylation is 3. The Balaban J connectivity index is 1.83. The number of nitrogens with zero attached hydrogens (tertiary/aromatic N) is 3. The van der Waals surface area contributed by atoms with Crippen molar-refractivity contribution in [2.75, 3.05) is 11.9 Å². The third-order valence-electron chi connectivity index (χ3n) is 4.02. The predicted octanol–water partition coefficient (Wildman–Crippen LogP) is 4.19. The van der Waals surface area contributed by atoms with Crippen LogP contribution in [-0.4, -0.2) is 17.0 Å². The molecule has 3 aromatic heterocycles. The zero-order valence-corrected chi connectivity index (χ0v) is 13.9. The van der Waals surface area contributed by atoms with Crippen molar-refractivity contribution in [2.24, 2.45) is 0 Å². The minimum atomic E-state index is 0.870. The van der Waals surface area contributed by atoms with E-state index in [1.54, 1.807) is 11.3 Å². The summed E-state index contributed by atoms with van der Waals surface area (Å²) < 4.78 is 0. The summed E-state index contributed by atoms with van der Waals surface area (Å²) in [4.78, 5) is 14.4. The van der Waals surface area contributed by atoms with Crippen LogP contribution >= 0.6 is 22.7 Å². The molecule has 0 aromatic carbocycles. The number of aromatic nitrogens is 2. The number of thiophene rings is 2. The molecule has 0 spiro atoms. The van der Waals surface area contributed by atoms with Crippen LogP contribution in [0.3, 0.4) is 0 Å². The number of fused-ring (bicyclic) bond motifs is 3. The summed E-state index contributed by atoms with van der Waals surface area (Å²) in [5.41, 5.74) is 2.85. The Kier molecular flexibility index (Phi) is 3.19. The standard InChI is InChI=1S/C16H17N3S2/c1-10-17-15(19(2)8-11-6-7-20-9-11)14-12-4-3-5-13(12)21-16(14)18-10/h6-7,9H,3-5,8H2,1-2H3. The SMILES string of the molecule is Cc1nc(N(C)Cc2ccsc2)c2c3c(sc2n1)CCC3. The van der Waals surface area contributed by atoms with Crippen molar-refractivity contribution >= 4 is 38.7 Å². The molecule has 3 nitrogen and oxygen atoms in total. The predicted molar refractivity (Wildman–Crippen MR) is 90.6 cm³/mol. The van der Waals surface area contributed by atoms with Gasteiger partial charge in [-0.25, -0.2) is 9.97 Å². The molecule has 0 atom stereocenters. The van der Waals surface area contributed by atoms with Crippen molar-refractivity contribution in [1.29, 1.82) is 0 Å². The molecule has 0 saturated carbocycles. The zero-order chi connectivity index (χ0) is 14.4. The molecule has 1 aliphatic carbocycles. The second kappa shape index (κ2) is 5.07. The normalized spacial score (nSPS) is 13.8. The molecule has 3 heterocycles. The van der Waals surface area contributed by atoms with E-state index in [2.05, 4.69) is 33.8 Å². The molecule has 4 rings (SSSR count). The fourth-order valence-corrected chi connectivity index (χ4v) is 5.05. The van der Waals surface area contributed by atoms with Crippen LogP contribution in [-0.2, 0) is 19.4 Å². The van der Waals surface area contributed by atoms with Crippen LogP contribution in [0, 0.1) is 6.92 Å². The van der Waals surface area contributed by atoms with E-state index < -0.39 is 0 Å². The Morgan fingerprint density at radius 1 is 1.29 bits per heavy atom. The van der Waals surface area contributed by atoms with Crippen molar-refractivity contribution in [3.63, 3.8) is 0 Å². The van der Waals surface area contributed by atoms with Gasteiger partial charge < -0.3 is 4.90 Å². The van der Waals surface area contributed by atoms with E-state index in [1.807, 2.05) is 18.3 Å². The minimum Gasteiger partial charge on any atom is -0.355 e. The average Bonchev–Trinajstić information content (AvgIpc) is 3.13. The highest BCUT2D eigenvalue weighted by Gasteiger charge is 2.23. The van der Waals surface area contributed by atoms with Crippen molar-refractivity contribution in [3.05, 3.63) is 38.7 Å². The van der Waals surface area contributed by atoms with Crippen molar-refractivity contribution in [2.45, 2.75) is 32.7 Å². The first-order valence-corrected chi connectivity index (χ1v) is 8.99. The van der Waals surface area contributed by atoms with Gasteiger partial charge in [0, 0.05) is 18.5 Å². The fraction of sp³-hybridized carbons (Fsp3) is 0.375. The number of hydrogen-bond donors (Lipinski definition) is 0. The summed E-state index contributed by atoms with van der Waals surface area (Å²) in [5, 5.41) is 5.64. The van der Waals surface area contributed by atoms with Gasteiger partial charge in [-0.1, -0.05) is 0 Å². The largest absolute Gasteiger partial charge is 0.355 e. The van der Waals surface area contributed by atoms with Crippen LogP contribution in [0.15, 0.2) is 16.8 Å². The molecule has 21 heavy (non-hydrogen) atoms. The van der Waals surface area contributed by atoms with Gasteiger partial charge in [0.2, 0.25) is 0 Å². The molecular formula is C16H17N3S2. The zero-order valence-electron chi connectivity index (χ0n) is 12.2. The van der Waals surface area contributed by atoms with Crippen molar-refractivity contribution in [3.8, 4) is 0 Å². The number of hydrogen-bond acceptors (Lipinski definition) is 5. The van der Waals surface area contributed by atoms with E-state index in [4.69, 9.17) is 4.98 Å². The molecule has 0 aliphatic heterocycles. The van der Waals surface area contributed by atoms with Crippen molar-refractivity contribution in [1.82, 2.24) is 9.97 Å². The molecule has 5 heteroatoms. The summed E-state index contributed by atoms with van der Waals surface area (Å²) in [6.07, 6.45) is 3.67. The van der Waals surface area contributed by atoms with Gasteiger partial charge in [-0.15, -0.1) is 11.3 Å².